The van der Waals surface area contributed by atoms with E-state index in [1.54, 1.807) is 68.5 Å². The summed E-state index contributed by atoms with van der Waals surface area (Å²) in [5.41, 5.74) is 6.90. The number of aromatic hydroxyl groups is 3. The molecule has 2 bridgehead atoms. The van der Waals surface area contributed by atoms with Crippen LogP contribution in [0.25, 0.3) is 16.8 Å². The number of ether oxygens (including phenoxy) is 2. The van der Waals surface area contributed by atoms with Gasteiger partial charge in [-0.05, 0) is 173 Å². The number of aliphatic hydroxyl groups excluding tert-OH is 3. The highest BCUT2D eigenvalue weighted by molar-refractivity contribution is 8.77. The molecule has 7 aliphatic rings. The molecular formula is C76H84N2O9S4. The number of carbonyl (C=O) groups excluding carboxylic acids is 1. The molecule has 4 aliphatic carbocycles. The Hall–Kier alpha value is -5.75. The van der Waals surface area contributed by atoms with Crippen LogP contribution in [-0.4, -0.2) is 97.2 Å². The van der Waals surface area contributed by atoms with Crippen molar-refractivity contribution in [3.05, 3.63) is 201 Å². The first-order valence-electron chi connectivity index (χ1n) is 33.0. The number of hydrogen-bond donors (Lipinski definition) is 8. The van der Waals surface area contributed by atoms with E-state index in [1.807, 2.05) is 42.7 Å². The second kappa shape index (κ2) is 26.2. The zero-order chi connectivity index (χ0) is 62.6. The predicted octanol–water partition coefficient (Wildman–Crippen LogP) is 14.7. The average Bonchev–Trinajstić information content (AvgIpc) is 0.889. The summed E-state index contributed by atoms with van der Waals surface area (Å²) in [7, 11) is 8.20. The van der Waals surface area contributed by atoms with E-state index in [4.69, 9.17) is 9.47 Å². The van der Waals surface area contributed by atoms with Crippen molar-refractivity contribution in [3.63, 3.8) is 0 Å². The highest BCUT2D eigenvalue weighted by Gasteiger charge is 2.64. The highest BCUT2D eigenvalue weighted by atomic mass is 33.1. The van der Waals surface area contributed by atoms with Crippen LogP contribution in [0.15, 0.2) is 140 Å². The minimum absolute atomic E-state index is 0.000786. The summed E-state index contributed by atoms with van der Waals surface area (Å²) in [4.78, 5) is 21.3. The Morgan fingerprint density at radius 1 is 0.780 bits per heavy atom. The molecule has 15 heteroatoms. The lowest BCUT2D eigenvalue weighted by atomic mass is 9.48. The van der Waals surface area contributed by atoms with Gasteiger partial charge in [-0.1, -0.05) is 166 Å². The van der Waals surface area contributed by atoms with Gasteiger partial charge in [-0.25, -0.2) is 0 Å². The third-order valence-corrected chi connectivity index (χ3v) is 27.7. The van der Waals surface area contributed by atoms with E-state index in [-0.39, 0.29) is 54.0 Å². The lowest BCUT2D eigenvalue weighted by Gasteiger charge is -2.60. The van der Waals surface area contributed by atoms with Crippen LogP contribution in [0, 0.1) is 35.0 Å². The van der Waals surface area contributed by atoms with Crippen LogP contribution < -0.4 is 14.8 Å². The van der Waals surface area contributed by atoms with E-state index in [0.29, 0.717) is 59.9 Å². The molecule has 4 heterocycles. The van der Waals surface area contributed by atoms with Gasteiger partial charge in [0.1, 0.15) is 11.9 Å². The van der Waals surface area contributed by atoms with Crippen LogP contribution in [0.3, 0.4) is 0 Å². The largest absolute Gasteiger partial charge is 0.507 e. The number of rotatable bonds is 9. The van der Waals surface area contributed by atoms with Crippen LogP contribution in [0.2, 0.25) is 0 Å². The molecule has 0 saturated heterocycles. The maximum Gasteiger partial charge on any atom is 0.164 e. The number of Topliss-reactive ketones (excluding diaryl/α,β-unsaturated/α-hetero) is 1. The number of phenols is 3. The molecular weight excluding hydrogens is 1210 g/mol. The normalized spacial score (nSPS) is 30.8. The number of aliphatic hydroxyl groups is 3. The van der Waals surface area contributed by atoms with Crippen LogP contribution >= 0.6 is 43.2 Å². The number of hydrogen-bond acceptors (Lipinski definition) is 14. The monoisotopic (exact) mass is 1300 g/mol. The molecule has 14 rings (SSSR count). The van der Waals surface area contributed by atoms with E-state index >= 15 is 4.79 Å². The summed E-state index contributed by atoms with van der Waals surface area (Å²) in [5, 5.41) is 82.5. The molecule has 7 aromatic rings. The molecule has 3 aliphatic heterocycles. The van der Waals surface area contributed by atoms with Crippen molar-refractivity contribution >= 4 is 65.8 Å². The van der Waals surface area contributed by atoms with Gasteiger partial charge in [0, 0.05) is 76.9 Å². The van der Waals surface area contributed by atoms with Gasteiger partial charge >= 0.3 is 0 Å². The molecule has 6 aromatic carbocycles. The van der Waals surface area contributed by atoms with Crippen molar-refractivity contribution in [2.24, 2.45) is 35.0 Å². The Kier molecular flexibility index (Phi) is 18.1. The van der Waals surface area contributed by atoms with Gasteiger partial charge in [0.25, 0.3) is 0 Å². The van der Waals surface area contributed by atoms with Crippen molar-refractivity contribution in [3.8, 4) is 28.7 Å². The Morgan fingerprint density at radius 2 is 1.62 bits per heavy atom. The van der Waals surface area contributed by atoms with E-state index < -0.39 is 57.5 Å². The van der Waals surface area contributed by atoms with Gasteiger partial charge in [0.05, 0.1) is 42.1 Å². The standard InChI is InChI=1S/C76H84N2O9S4/c1-3-47-19-20-48-15-9-17-57-67(41-79)91-90-43-53-36-68(83)76(61-44-89-88-42-51-14-7-8-18-65(51)87-66-35-50(61)22-23-62(66)80,55-37-60-56(64(82)38-55)25-29-74-27-11-30-78-75(60,74)28-10-16-54(74)33-45-12-5-4-6-13-45)73(85)70(53)71(84)52(32-46-26-31-77-40-46)34-49-21-24-63(81)72(86-2)59(49)39-58(47)69(48)57/h4-6,9,11-13,15,17,19-27,29,31,35,37-38,40,51-54,61,65,67-68,70-71,77-84H,3,7-8,10,14,16,18,28,30,32-34,36,39,41-44H2,1-2H3/t51-,52-,53+,54+,61+,65+,67+,68+,70-,71+,74-,75+,76+/m1/s1. The first-order valence-corrected chi connectivity index (χ1v) is 37.9. The number of nitrogens with one attached hydrogen (secondary N) is 2. The number of H-pyrrole nitrogens is 1. The third-order valence-electron chi connectivity index (χ3n) is 22.3. The molecule has 8 N–H and O–H groups in total. The molecule has 0 spiro atoms. The van der Waals surface area contributed by atoms with Crippen LogP contribution in [0.4, 0.5) is 0 Å². The van der Waals surface area contributed by atoms with E-state index in [2.05, 4.69) is 102 Å². The fraction of sp³-hybridized carbons (Fsp3) is 0.434. The van der Waals surface area contributed by atoms with Gasteiger partial charge in [-0.15, -0.1) is 0 Å². The number of aromatic nitrogens is 1. The number of aryl methyl sites for hydroxylation is 1. The zero-order valence-electron chi connectivity index (χ0n) is 51.9. The Balaban J connectivity index is 0.982. The van der Waals surface area contributed by atoms with Gasteiger partial charge in [-0.2, -0.15) is 0 Å². The molecule has 0 radical (unpaired) electrons. The molecule has 11 nitrogen and oxygen atoms in total. The summed E-state index contributed by atoms with van der Waals surface area (Å²) in [5.74, 6) is -0.551. The first-order chi connectivity index (χ1) is 44.4. The second-order valence-electron chi connectivity index (χ2n) is 26.9. The topological polar surface area (TPSA) is 185 Å². The van der Waals surface area contributed by atoms with Crippen LogP contribution in [0.5, 0.6) is 28.7 Å². The number of aromatic amines is 1. The number of carbonyl (C=O) groups is 1. The maximum absolute atomic E-state index is 18.0. The predicted molar refractivity (Wildman–Crippen MR) is 371 cm³/mol. The Labute approximate surface area is 550 Å². The van der Waals surface area contributed by atoms with E-state index in [0.717, 1.165) is 119 Å². The minimum Gasteiger partial charge on any atom is -0.507 e. The molecule has 0 unspecified atom stereocenters. The summed E-state index contributed by atoms with van der Waals surface area (Å²) in [6, 6.07) is 36.4. The summed E-state index contributed by atoms with van der Waals surface area (Å²) in [6.45, 7) is 2.60. The fourth-order valence-electron chi connectivity index (χ4n) is 17.9. The molecule has 1 aromatic heterocycles. The van der Waals surface area contributed by atoms with Crippen molar-refractivity contribution in [1.29, 1.82) is 0 Å². The number of methoxy groups -OCH3 is 1. The molecule has 3 saturated carbocycles. The number of phenolic OH excluding ortho intramolecular Hbond substituents is 3. The quantitative estimate of drug-likeness (QED) is 0.0504. The Morgan fingerprint density at radius 3 is 2.44 bits per heavy atom. The molecule has 0 amide bonds. The first kappa shape index (κ1) is 62.7. The Bertz CT molecular complexity index is 3880. The van der Waals surface area contributed by atoms with Gasteiger partial charge in [-0.3, -0.25) is 4.79 Å². The van der Waals surface area contributed by atoms with Crippen LogP contribution in [-0.2, 0) is 47.9 Å². The second-order valence-corrected chi connectivity index (χ2v) is 32.0. The van der Waals surface area contributed by atoms with Gasteiger partial charge < -0.3 is 50.4 Å². The smallest absolute Gasteiger partial charge is 0.164 e. The SMILES string of the molecule is CCc1ccc2cccc3c2c1Cc1c(ccc(O)c1OC)C[C@@H](Cc1cc[nH]c1)[C@H](O)[C@@H]1C(=O)[C@@](c2cc(O)c4c(c2)[C@@]25CCC[C@@H](Cc6ccccc6)[C@@]2(C=CCN5)C=C4)([C@H]2CSSC[C@H]4CCCC[C@@H]4Oc4cc2ccc4O)[C@@H](O)C[C@H]1CSS[C@H]3CO. The minimum atomic E-state index is -1.80. The number of benzene rings is 6. The molecule has 476 valence electrons. The fourth-order valence-corrected chi connectivity index (χ4v) is 23.7. The summed E-state index contributed by atoms with van der Waals surface area (Å²) < 4.78 is 13.1. The van der Waals surface area contributed by atoms with E-state index in [1.165, 1.54) is 5.56 Å². The van der Waals surface area contributed by atoms with Crippen molar-refractivity contribution in [2.75, 3.05) is 37.5 Å². The van der Waals surface area contributed by atoms with Gasteiger partial charge in [0.2, 0.25) is 0 Å². The lowest BCUT2D eigenvalue weighted by molar-refractivity contribution is -0.150. The van der Waals surface area contributed by atoms with Crippen molar-refractivity contribution in [2.45, 2.75) is 131 Å². The van der Waals surface area contributed by atoms with E-state index in [9.17, 15) is 30.6 Å². The number of fused-ring (bicyclic) bond motifs is 6. The number of ketones is 1. The maximum atomic E-state index is 18.0. The zero-order valence-corrected chi connectivity index (χ0v) is 55.2. The summed E-state index contributed by atoms with van der Waals surface area (Å²) >= 11 is 0. The van der Waals surface area contributed by atoms with Gasteiger partial charge in [0.15, 0.2) is 28.8 Å². The third kappa shape index (κ3) is 11.0. The molecule has 91 heavy (non-hydrogen) atoms. The highest BCUT2D eigenvalue weighted by Crippen LogP contribution is 2.64. The molecule has 3 fully saturated rings. The van der Waals surface area contributed by atoms with Crippen molar-refractivity contribution in [1.82, 2.24) is 10.3 Å². The lowest BCUT2D eigenvalue weighted by Crippen LogP contribution is -2.64. The average molecular weight is 1300 g/mol. The summed E-state index contributed by atoms with van der Waals surface area (Å²) in [6.07, 6.45) is 19.7. The van der Waals surface area contributed by atoms with Crippen molar-refractivity contribution < 1.29 is 44.9 Å². The molecule has 13 atom stereocenters. The van der Waals surface area contributed by atoms with Crippen LogP contribution in [0.1, 0.15) is 131 Å².